The number of benzene rings is 3. The minimum absolute atomic E-state index is 0.0267. The second kappa shape index (κ2) is 13.0. The van der Waals surface area contributed by atoms with Gasteiger partial charge in [0.2, 0.25) is 5.91 Å². The van der Waals surface area contributed by atoms with E-state index in [4.69, 9.17) is 10.5 Å². The number of fused-ring (bicyclic) bond motifs is 3. The minimum atomic E-state index is -2.77. The molecule has 3 aromatic carbocycles. The highest BCUT2D eigenvalue weighted by atomic mass is 16.5. The molecular formula is C38H41N3O8. The molecule has 6 atom stereocenters. The molecule has 3 aliphatic carbocycles. The fraction of sp³-hybridized carbons (Fsp3) is 0.395. The maximum Gasteiger partial charge on any atom is 0.235 e. The molecule has 0 bridgehead atoms. The first-order chi connectivity index (χ1) is 23.3. The van der Waals surface area contributed by atoms with Gasteiger partial charge in [0.15, 0.2) is 34.7 Å². The summed E-state index contributed by atoms with van der Waals surface area (Å²) < 4.78 is 5.72. The fourth-order valence-corrected chi connectivity index (χ4v) is 8.15. The molecule has 1 amide bonds. The first-order valence-corrected chi connectivity index (χ1v) is 16.4. The Labute approximate surface area is 284 Å². The van der Waals surface area contributed by atoms with Crippen molar-refractivity contribution in [2.75, 3.05) is 27.7 Å². The van der Waals surface area contributed by atoms with E-state index in [0.29, 0.717) is 29.0 Å². The summed E-state index contributed by atoms with van der Waals surface area (Å²) in [6.45, 7) is 3.39. The van der Waals surface area contributed by atoms with Crippen molar-refractivity contribution in [2.24, 2.45) is 29.4 Å². The third kappa shape index (κ3) is 5.65. The summed E-state index contributed by atoms with van der Waals surface area (Å²) in [5.41, 5.74) is 7.84. The number of primary amides is 1. The molecule has 6 rings (SSSR count). The van der Waals surface area contributed by atoms with Crippen LogP contribution in [-0.2, 0) is 38.6 Å². The van der Waals surface area contributed by atoms with Gasteiger partial charge in [0, 0.05) is 18.0 Å². The van der Waals surface area contributed by atoms with Crippen LogP contribution in [0.2, 0.25) is 0 Å². The van der Waals surface area contributed by atoms with E-state index in [9.17, 15) is 34.2 Å². The molecule has 2 fully saturated rings. The number of hydrogen-bond acceptors (Lipinski definition) is 10. The standard InChI is InChI=1S/C38H41N3O8/c1-19-5-7-20(8-6-19)13-14-40-18-21-9-12-28(49-4)24(15-21)23-10-11-27(42)30-25(23)16-22-17-26-32(41(2)3)34(44)31(37(39)47)36(46)38(26,48)35(45)29(22)33(30)43/h5-12,15,22,26,29,31-32,40,42,48H,13-14,16-18H2,1-4H3,(H2,39,47). The summed E-state index contributed by atoms with van der Waals surface area (Å²) in [7, 11) is 4.66. The zero-order chi connectivity index (χ0) is 35.4. The SMILES string of the molecule is COc1ccc(CNCCc2ccc(C)cc2)cc1-c1ccc(O)c2c1CC1CC3C(N(C)C)C(=O)C(C(N)=O)C(=O)C3(O)C(=O)C1C2=O. The number of aromatic hydroxyl groups is 1. The molecule has 2 saturated carbocycles. The third-order valence-electron chi connectivity index (χ3n) is 10.5. The zero-order valence-corrected chi connectivity index (χ0v) is 28.0. The van der Waals surface area contributed by atoms with Crippen molar-refractivity contribution >= 4 is 29.0 Å². The lowest BCUT2D eigenvalue weighted by Crippen LogP contribution is -2.74. The van der Waals surface area contributed by atoms with Gasteiger partial charge in [0.25, 0.3) is 0 Å². The number of ketones is 4. The lowest BCUT2D eigenvalue weighted by Gasteiger charge is -2.52. The number of nitrogens with two attached hydrogens (primary N) is 1. The highest BCUT2D eigenvalue weighted by Gasteiger charge is 2.69. The van der Waals surface area contributed by atoms with Gasteiger partial charge < -0.3 is 26.0 Å². The van der Waals surface area contributed by atoms with Gasteiger partial charge in [0.05, 0.1) is 24.6 Å². The van der Waals surface area contributed by atoms with Crippen molar-refractivity contribution in [3.05, 3.63) is 82.4 Å². The van der Waals surface area contributed by atoms with E-state index in [1.54, 1.807) is 27.3 Å². The quantitative estimate of drug-likeness (QED) is 0.196. The summed E-state index contributed by atoms with van der Waals surface area (Å²) in [5, 5.41) is 26.3. The number of hydrogen-bond donors (Lipinski definition) is 4. The molecule has 0 aromatic heterocycles. The van der Waals surface area contributed by atoms with Gasteiger partial charge in [-0.05, 0) is 93.2 Å². The number of aliphatic hydroxyl groups is 1. The van der Waals surface area contributed by atoms with E-state index in [1.165, 1.54) is 22.1 Å². The number of carbonyl (C=O) groups excluding carboxylic acids is 5. The third-order valence-corrected chi connectivity index (χ3v) is 10.5. The Hall–Kier alpha value is -4.71. The van der Waals surface area contributed by atoms with Crippen LogP contribution >= 0.6 is 0 Å². The molecule has 11 nitrogen and oxygen atoms in total. The number of amides is 1. The highest BCUT2D eigenvalue weighted by Crippen LogP contribution is 2.52. The molecule has 3 aliphatic rings. The van der Waals surface area contributed by atoms with Gasteiger partial charge in [0.1, 0.15) is 11.5 Å². The molecular weight excluding hydrogens is 626 g/mol. The minimum Gasteiger partial charge on any atom is -0.507 e. The molecule has 5 N–H and O–H groups in total. The maximum absolute atomic E-state index is 14.2. The number of nitrogens with zero attached hydrogens (tertiary/aromatic N) is 1. The van der Waals surface area contributed by atoms with Crippen LogP contribution in [0.15, 0.2) is 54.6 Å². The van der Waals surface area contributed by atoms with Gasteiger partial charge in [-0.25, -0.2) is 0 Å². The van der Waals surface area contributed by atoms with E-state index < -0.39 is 64.4 Å². The van der Waals surface area contributed by atoms with Crippen molar-refractivity contribution in [3.8, 4) is 22.6 Å². The predicted octanol–water partition coefficient (Wildman–Crippen LogP) is 2.18. The number of phenolic OH excluding ortho intramolecular Hbond substituents is 1. The second-order valence-electron chi connectivity index (χ2n) is 13.7. The largest absolute Gasteiger partial charge is 0.507 e. The summed E-state index contributed by atoms with van der Waals surface area (Å²) in [6.07, 6.45) is 0.988. The first-order valence-electron chi connectivity index (χ1n) is 16.4. The molecule has 0 heterocycles. The van der Waals surface area contributed by atoms with Crippen LogP contribution in [0.1, 0.15) is 39.0 Å². The average Bonchev–Trinajstić information content (AvgIpc) is 3.05. The van der Waals surface area contributed by atoms with Crippen LogP contribution in [0, 0.1) is 30.6 Å². The number of nitrogens with one attached hydrogen (secondary N) is 1. The monoisotopic (exact) mass is 667 g/mol. The number of Topliss-reactive ketones (excluding diaryl/α,β-unsaturated/α-hetero) is 4. The zero-order valence-electron chi connectivity index (χ0n) is 28.0. The smallest absolute Gasteiger partial charge is 0.235 e. The summed E-state index contributed by atoms with van der Waals surface area (Å²) in [4.78, 5) is 69.0. The lowest BCUT2D eigenvalue weighted by atomic mass is 9.52. The number of likely N-dealkylation sites (N-methyl/N-ethyl adjacent to an activating group) is 1. The van der Waals surface area contributed by atoms with Crippen LogP contribution in [0.4, 0.5) is 0 Å². The van der Waals surface area contributed by atoms with Crippen LogP contribution in [0.3, 0.4) is 0 Å². The van der Waals surface area contributed by atoms with Crippen molar-refractivity contribution in [2.45, 2.75) is 44.4 Å². The normalized spacial score (nSPS) is 26.3. The number of carbonyl (C=O) groups is 5. The Morgan fingerprint density at radius 1 is 1.00 bits per heavy atom. The van der Waals surface area contributed by atoms with Gasteiger partial charge in [-0.15, -0.1) is 0 Å². The van der Waals surface area contributed by atoms with Gasteiger partial charge in [-0.2, -0.15) is 0 Å². The average molecular weight is 668 g/mol. The number of methoxy groups -OCH3 is 1. The number of ether oxygens (including phenoxy) is 1. The molecule has 3 aromatic rings. The van der Waals surface area contributed by atoms with Crippen molar-refractivity contribution in [3.63, 3.8) is 0 Å². The maximum atomic E-state index is 14.2. The molecule has 0 spiro atoms. The molecule has 256 valence electrons. The Morgan fingerprint density at radius 2 is 1.69 bits per heavy atom. The van der Waals surface area contributed by atoms with E-state index in [0.717, 1.165) is 18.5 Å². The molecule has 49 heavy (non-hydrogen) atoms. The number of aryl methyl sites for hydroxylation is 1. The molecule has 6 unspecified atom stereocenters. The van der Waals surface area contributed by atoms with Crippen molar-refractivity contribution in [1.82, 2.24) is 10.2 Å². The number of phenols is 1. The van der Waals surface area contributed by atoms with E-state index in [2.05, 4.69) is 36.5 Å². The Morgan fingerprint density at radius 3 is 2.35 bits per heavy atom. The Kier molecular flexibility index (Phi) is 9.04. The topological polar surface area (TPSA) is 176 Å². The Balaban J connectivity index is 1.35. The van der Waals surface area contributed by atoms with E-state index >= 15 is 0 Å². The van der Waals surface area contributed by atoms with Crippen LogP contribution < -0.4 is 15.8 Å². The molecule has 0 aliphatic heterocycles. The fourth-order valence-electron chi connectivity index (χ4n) is 8.15. The van der Waals surface area contributed by atoms with Gasteiger partial charge in [-0.1, -0.05) is 42.0 Å². The second-order valence-corrected chi connectivity index (χ2v) is 13.7. The predicted molar refractivity (Wildman–Crippen MR) is 180 cm³/mol. The summed E-state index contributed by atoms with van der Waals surface area (Å²) in [5.74, 6) is -10.3. The number of rotatable bonds is 9. The summed E-state index contributed by atoms with van der Waals surface area (Å²) in [6, 6.07) is 16.1. The Bertz CT molecular complexity index is 1870. The van der Waals surface area contributed by atoms with Crippen molar-refractivity contribution in [1.29, 1.82) is 0 Å². The van der Waals surface area contributed by atoms with E-state index in [1.807, 2.05) is 18.2 Å². The van der Waals surface area contributed by atoms with Crippen molar-refractivity contribution < 1.29 is 38.9 Å². The van der Waals surface area contributed by atoms with Crippen LogP contribution in [0.5, 0.6) is 11.5 Å². The molecule has 0 saturated heterocycles. The van der Waals surface area contributed by atoms with Crippen LogP contribution in [0.25, 0.3) is 11.1 Å². The first kappa shape index (κ1) is 34.2. The van der Waals surface area contributed by atoms with E-state index in [-0.39, 0.29) is 24.2 Å². The van der Waals surface area contributed by atoms with Gasteiger partial charge >= 0.3 is 0 Å². The molecule has 0 radical (unpaired) electrons. The van der Waals surface area contributed by atoms with Crippen LogP contribution in [-0.4, -0.2) is 83.5 Å². The summed E-state index contributed by atoms with van der Waals surface area (Å²) >= 11 is 0. The highest BCUT2D eigenvalue weighted by molar-refractivity contribution is 6.32. The van der Waals surface area contributed by atoms with Gasteiger partial charge in [-0.3, -0.25) is 28.9 Å². The lowest BCUT2D eigenvalue weighted by molar-refractivity contribution is -0.181. The molecule has 11 heteroatoms.